The predicted molar refractivity (Wildman–Crippen MR) is 67.5 cm³/mol. The molecule has 1 aromatic carbocycles. The molecule has 0 unspecified atom stereocenters. The summed E-state index contributed by atoms with van der Waals surface area (Å²) in [5.41, 5.74) is 3.78. The second kappa shape index (κ2) is 5.68. The lowest BCUT2D eigenvalue weighted by atomic mass is 10.0. The zero-order valence-corrected chi connectivity index (χ0v) is 10.8. The molecule has 2 N–H and O–H groups in total. The van der Waals surface area contributed by atoms with Gasteiger partial charge >= 0.3 is 0 Å². The lowest BCUT2D eigenvalue weighted by molar-refractivity contribution is -0.116. The number of anilines is 1. The molecular weight excluding hydrogens is 218 g/mol. The minimum Gasteiger partial charge on any atom is -0.494 e. The third-order valence-electron chi connectivity index (χ3n) is 2.79. The molecule has 0 atom stereocenters. The molecule has 1 amide bonds. The van der Waals surface area contributed by atoms with Gasteiger partial charge in [-0.25, -0.2) is 0 Å². The van der Waals surface area contributed by atoms with Crippen LogP contribution in [0.5, 0.6) is 5.75 Å². The summed E-state index contributed by atoms with van der Waals surface area (Å²) in [6.07, 6.45) is 0.0928. The summed E-state index contributed by atoms with van der Waals surface area (Å²) >= 11 is 0. The molecule has 0 saturated heterocycles. The highest BCUT2D eigenvalue weighted by atomic mass is 16.5. The van der Waals surface area contributed by atoms with Crippen molar-refractivity contribution in [3.8, 4) is 5.75 Å². The average molecular weight is 237 g/mol. The molecule has 4 heteroatoms. The van der Waals surface area contributed by atoms with E-state index >= 15 is 0 Å². The maximum atomic E-state index is 11.5. The van der Waals surface area contributed by atoms with E-state index in [0.717, 1.165) is 16.7 Å². The first-order chi connectivity index (χ1) is 8.01. The van der Waals surface area contributed by atoms with Crippen LogP contribution in [0.1, 0.15) is 23.1 Å². The fourth-order valence-electron chi connectivity index (χ4n) is 1.76. The first-order valence-corrected chi connectivity index (χ1v) is 5.56. The smallest absolute Gasteiger partial charge is 0.226 e. The van der Waals surface area contributed by atoms with E-state index in [1.54, 1.807) is 7.11 Å². The maximum absolute atomic E-state index is 11.5. The molecule has 0 heterocycles. The third-order valence-corrected chi connectivity index (χ3v) is 2.79. The lowest BCUT2D eigenvalue weighted by Gasteiger charge is -2.17. The second-order valence-corrected chi connectivity index (χ2v) is 4.07. The molecule has 0 saturated carbocycles. The number of hydrogen-bond acceptors (Lipinski definition) is 3. The topological polar surface area (TPSA) is 58.6 Å². The summed E-state index contributed by atoms with van der Waals surface area (Å²) in [5.74, 6) is 0.478. The normalized spacial score (nSPS) is 10.2. The van der Waals surface area contributed by atoms with Crippen LogP contribution in [-0.2, 0) is 4.79 Å². The van der Waals surface area contributed by atoms with Gasteiger partial charge < -0.3 is 15.2 Å². The largest absolute Gasteiger partial charge is 0.494 e. The molecule has 1 aromatic rings. The SMILES string of the molecule is COc1c(C)c(C)cc(C)c1NC(=O)CCO. The highest BCUT2D eigenvalue weighted by molar-refractivity contribution is 5.93. The van der Waals surface area contributed by atoms with Crippen molar-refractivity contribution in [3.63, 3.8) is 0 Å². The Bertz CT molecular complexity index is 427. The monoisotopic (exact) mass is 237 g/mol. The summed E-state index contributed by atoms with van der Waals surface area (Å²) < 4.78 is 5.34. The summed E-state index contributed by atoms with van der Waals surface area (Å²) in [4.78, 5) is 11.5. The number of benzene rings is 1. The van der Waals surface area contributed by atoms with Gasteiger partial charge in [0.25, 0.3) is 0 Å². The molecule has 0 bridgehead atoms. The second-order valence-electron chi connectivity index (χ2n) is 4.07. The summed E-state index contributed by atoms with van der Waals surface area (Å²) in [6.45, 7) is 5.72. The Balaban J connectivity index is 3.14. The minimum atomic E-state index is -0.211. The van der Waals surface area contributed by atoms with Gasteiger partial charge in [0.05, 0.1) is 25.8 Å². The molecule has 0 spiro atoms. The van der Waals surface area contributed by atoms with E-state index in [0.29, 0.717) is 11.4 Å². The van der Waals surface area contributed by atoms with E-state index in [1.165, 1.54) is 0 Å². The fourth-order valence-corrected chi connectivity index (χ4v) is 1.76. The Hall–Kier alpha value is -1.55. The van der Waals surface area contributed by atoms with Gasteiger partial charge in [0.2, 0.25) is 5.91 Å². The van der Waals surface area contributed by atoms with Crippen LogP contribution in [-0.4, -0.2) is 24.7 Å². The highest BCUT2D eigenvalue weighted by Crippen LogP contribution is 2.34. The summed E-state index contributed by atoms with van der Waals surface area (Å²) in [7, 11) is 1.59. The quantitative estimate of drug-likeness (QED) is 0.841. The Morgan fingerprint density at radius 3 is 2.53 bits per heavy atom. The maximum Gasteiger partial charge on any atom is 0.226 e. The van der Waals surface area contributed by atoms with Gasteiger partial charge in [-0.05, 0) is 37.5 Å². The zero-order valence-electron chi connectivity index (χ0n) is 10.8. The number of amides is 1. The van der Waals surface area contributed by atoms with Crippen LogP contribution in [0.15, 0.2) is 6.07 Å². The van der Waals surface area contributed by atoms with Crippen LogP contribution in [0.2, 0.25) is 0 Å². The Kier molecular flexibility index (Phi) is 4.52. The number of ether oxygens (including phenoxy) is 1. The van der Waals surface area contributed by atoms with Crippen molar-refractivity contribution in [3.05, 3.63) is 22.8 Å². The number of carbonyl (C=O) groups is 1. The van der Waals surface area contributed by atoms with E-state index in [1.807, 2.05) is 26.8 Å². The Morgan fingerprint density at radius 1 is 1.35 bits per heavy atom. The first kappa shape index (κ1) is 13.5. The van der Waals surface area contributed by atoms with Crippen molar-refractivity contribution < 1.29 is 14.6 Å². The summed E-state index contributed by atoms with van der Waals surface area (Å²) in [5, 5.41) is 11.5. The molecule has 0 radical (unpaired) electrons. The predicted octanol–water partition coefficient (Wildman–Crippen LogP) is 1.94. The lowest BCUT2D eigenvalue weighted by Crippen LogP contribution is -2.15. The van der Waals surface area contributed by atoms with Crippen molar-refractivity contribution >= 4 is 11.6 Å². The Labute approximate surface area is 102 Å². The van der Waals surface area contributed by atoms with Gasteiger partial charge in [-0.3, -0.25) is 4.79 Å². The van der Waals surface area contributed by atoms with Crippen molar-refractivity contribution in [2.45, 2.75) is 27.2 Å². The number of rotatable bonds is 4. The van der Waals surface area contributed by atoms with E-state index in [2.05, 4.69) is 5.32 Å². The molecule has 0 fully saturated rings. The van der Waals surface area contributed by atoms with Crippen molar-refractivity contribution in [2.75, 3.05) is 19.0 Å². The van der Waals surface area contributed by atoms with Gasteiger partial charge in [-0.2, -0.15) is 0 Å². The molecule has 1 rings (SSSR count). The van der Waals surface area contributed by atoms with Crippen molar-refractivity contribution in [1.82, 2.24) is 0 Å². The first-order valence-electron chi connectivity index (χ1n) is 5.56. The average Bonchev–Trinajstić information content (AvgIpc) is 2.27. The highest BCUT2D eigenvalue weighted by Gasteiger charge is 2.14. The molecule has 17 heavy (non-hydrogen) atoms. The van der Waals surface area contributed by atoms with Gasteiger partial charge in [-0.15, -0.1) is 0 Å². The Morgan fingerprint density at radius 2 is 2.00 bits per heavy atom. The van der Waals surface area contributed by atoms with Crippen LogP contribution >= 0.6 is 0 Å². The third kappa shape index (κ3) is 2.97. The fraction of sp³-hybridized carbons (Fsp3) is 0.462. The number of aliphatic hydroxyl groups is 1. The number of aliphatic hydroxyl groups excluding tert-OH is 1. The van der Waals surface area contributed by atoms with Gasteiger partial charge in [0.15, 0.2) is 0 Å². The van der Waals surface area contributed by atoms with Crippen LogP contribution in [0.25, 0.3) is 0 Å². The number of aryl methyl sites for hydroxylation is 2. The minimum absolute atomic E-state index is 0.0928. The zero-order chi connectivity index (χ0) is 13.0. The molecule has 94 valence electrons. The molecule has 0 aliphatic carbocycles. The molecule has 4 nitrogen and oxygen atoms in total. The standard InChI is InChI=1S/C13H19NO3/c1-8-7-9(2)12(13(17-4)10(8)3)14-11(16)5-6-15/h7,15H,5-6H2,1-4H3,(H,14,16). The van der Waals surface area contributed by atoms with E-state index in [9.17, 15) is 4.79 Å². The van der Waals surface area contributed by atoms with Crippen LogP contribution < -0.4 is 10.1 Å². The van der Waals surface area contributed by atoms with Crippen LogP contribution in [0.4, 0.5) is 5.69 Å². The number of nitrogens with one attached hydrogen (secondary N) is 1. The number of methoxy groups -OCH3 is 1. The van der Waals surface area contributed by atoms with Crippen LogP contribution in [0.3, 0.4) is 0 Å². The van der Waals surface area contributed by atoms with Gasteiger partial charge in [0.1, 0.15) is 5.75 Å². The van der Waals surface area contributed by atoms with Gasteiger partial charge in [0, 0.05) is 0 Å². The van der Waals surface area contributed by atoms with E-state index < -0.39 is 0 Å². The van der Waals surface area contributed by atoms with E-state index in [-0.39, 0.29) is 18.9 Å². The molecule has 0 aromatic heterocycles. The van der Waals surface area contributed by atoms with Crippen molar-refractivity contribution in [2.24, 2.45) is 0 Å². The molecule has 0 aliphatic rings. The van der Waals surface area contributed by atoms with E-state index in [4.69, 9.17) is 9.84 Å². The number of carbonyl (C=O) groups excluding carboxylic acids is 1. The van der Waals surface area contributed by atoms with Crippen LogP contribution in [0, 0.1) is 20.8 Å². The molecular formula is C13H19NO3. The summed E-state index contributed by atoms with van der Waals surface area (Å²) in [6, 6.07) is 2.01. The molecule has 0 aliphatic heterocycles. The van der Waals surface area contributed by atoms with Crippen molar-refractivity contribution in [1.29, 1.82) is 0 Å². The number of hydrogen-bond donors (Lipinski definition) is 2. The van der Waals surface area contributed by atoms with Gasteiger partial charge in [-0.1, -0.05) is 6.07 Å².